The van der Waals surface area contributed by atoms with Gasteiger partial charge in [0, 0.05) is 16.7 Å². The molecule has 0 fully saturated rings. The van der Waals surface area contributed by atoms with Gasteiger partial charge < -0.3 is 4.98 Å². The first-order valence-corrected chi connectivity index (χ1v) is 7.52. The molecule has 0 bridgehead atoms. The standard InChI is InChI=1S/C14H15ClN2OS/c1-2-5-10-8-14(18)17-13(16-10)9-19-12-7-4-3-6-11(12)15/h3-4,6-8H,2,5,9H2,1H3,(H,16,17,18). The number of benzene rings is 1. The van der Waals surface area contributed by atoms with Gasteiger partial charge in [-0.25, -0.2) is 4.98 Å². The Kier molecular flexibility index (Phi) is 5.05. The summed E-state index contributed by atoms with van der Waals surface area (Å²) in [5.41, 5.74) is 0.759. The summed E-state index contributed by atoms with van der Waals surface area (Å²) >= 11 is 7.66. The topological polar surface area (TPSA) is 45.8 Å². The molecule has 1 heterocycles. The van der Waals surface area contributed by atoms with E-state index in [1.165, 1.54) is 0 Å². The first-order chi connectivity index (χ1) is 9.19. The molecule has 0 aliphatic rings. The van der Waals surface area contributed by atoms with E-state index in [2.05, 4.69) is 16.9 Å². The smallest absolute Gasteiger partial charge is 0.251 e. The molecule has 2 aromatic rings. The van der Waals surface area contributed by atoms with Crippen molar-refractivity contribution < 1.29 is 0 Å². The zero-order chi connectivity index (χ0) is 13.7. The summed E-state index contributed by atoms with van der Waals surface area (Å²) in [6, 6.07) is 9.22. The lowest BCUT2D eigenvalue weighted by atomic mass is 10.2. The SMILES string of the molecule is CCCc1cc(=O)[nH]c(CSc2ccccc2Cl)n1. The van der Waals surface area contributed by atoms with E-state index in [-0.39, 0.29) is 5.56 Å². The van der Waals surface area contributed by atoms with Crippen LogP contribution >= 0.6 is 23.4 Å². The minimum atomic E-state index is -0.0896. The average molecular weight is 295 g/mol. The Labute approximate surface area is 121 Å². The minimum absolute atomic E-state index is 0.0896. The van der Waals surface area contributed by atoms with Gasteiger partial charge in [-0.2, -0.15) is 0 Å². The van der Waals surface area contributed by atoms with Crippen LogP contribution in [-0.2, 0) is 12.2 Å². The lowest BCUT2D eigenvalue weighted by Gasteiger charge is -2.05. The number of thioether (sulfide) groups is 1. The summed E-state index contributed by atoms with van der Waals surface area (Å²) in [5.74, 6) is 1.30. The highest BCUT2D eigenvalue weighted by atomic mass is 35.5. The number of nitrogens with one attached hydrogen (secondary N) is 1. The van der Waals surface area contributed by atoms with Gasteiger partial charge >= 0.3 is 0 Å². The fourth-order valence-corrected chi connectivity index (χ4v) is 2.83. The predicted octanol–water partition coefficient (Wildman–Crippen LogP) is 3.67. The molecule has 0 amide bonds. The van der Waals surface area contributed by atoms with E-state index in [4.69, 9.17) is 11.6 Å². The average Bonchev–Trinajstić information content (AvgIpc) is 2.37. The highest BCUT2D eigenvalue weighted by molar-refractivity contribution is 7.98. The van der Waals surface area contributed by atoms with Crippen molar-refractivity contribution in [1.29, 1.82) is 0 Å². The third-order valence-electron chi connectivity index (χ3n) is 2.55. The monoisotopic (exact) mass is 294 g/mol. The normalized spacial score (nSPS) is 10.6. The van der Waals surface area contributed by atoms with Crippen LogP contribution in [0.3, 0.4) is 0 Å². The Balaban J connectivity index is 2.11. The maximum Gasteiger partial charge on any atom is 0.251 e. The van der Waals surface area contributed by atoms with Gasteiger partial charge in [-0.3, -0.25) is 4.79 Å². The number of halogens is 1. The van der Waals surface area contributed by atoms with Crippen LogP contribution in [0, 0.1) is 0 Å². The fraction of sp³-hybridized carbons (Fsp3) is 0.286. The maximum absolute atomic E-state index is 11.5. The van der Waals surface area contributed by atoms with E-state index < -0.39 is 0 Å². The number of aromatic amines is 1. The van der Waals surface area contributed by atoms with Crippen molar-refractivity contribution in [3.63, 3.8) is 0 Å². The summed E-state index contributed by atoms with van der Waals surface area (Å²) in [6.07, 6.45) is 1.81. The van der Waals surface area contributed by atoms with Crippen LogP contribution in [0.15, 0.2) is 40.0 Å². The molecule has 5 heteroatoms. The molecule has 0 spiro atoms. The van der Waals surface area contributed by atoms with E-state index in [1.807, 2.05) is 24.3 Å². The van der Waals surface area contributed by atoms with Crippen LogP contribution in [0.25, 0.3) is 0 Å². The molecule has 0 unspecified atom stereocenters. The molecule has 0 atom stereocenters. The van der Waals surface area contributed by atoms with Crippen LogP contribution in [0.2, 0.25) is 5.02 Å². The van der Waals surface area contributed by atoms with E-state index in [0.29, 0.717) is 11.6 Å². The number of hydrogen-bond acceptors (Lipinski definition) is 3. The molecule has 3 nitrogen and oxygen atoms in total. The number of aromatic nitrogens is 2. The van der Waals surface area contributed by atoms with E-state index in [0.717, 1.165) is 28.5 Å². The summed E-state index contributed by atoms with van der Waals surface area (Å²) in [5, 5.41) is 0.722. The van der Waals surface area contributed by atoms with Crippen molar-refractivity contribution in [3.05, 3.63) is 57.2 Å². The Morgan fingerprint density at radius 3 is 2.89 bits per heavy atom. The molecule has 1 aromatic carbocycles. The van der Waals surface area contributed by atoms with Crippen LogP contribution in [0.1, 0.15) is 24.9 Å². The second-order valence-electron chi connectivity index (χ2n) is 4.15. The van der Waals surface area contributed by atoms with Gasteiger partial charge in [0.2, 0.25) is 0 Å². The Hall–Kier alpha value is -1.26. The van der Waals surface area contributed by atoms with Gasteiger partial charge in [-0.15, -0.1) is 11.8 Å². The molecular formula is C14H15ClN2OS. The minimum Gasteiger partial charge on any atom is -0.310 e. The fourth-order valence-electron chi connectivity index (χ4n) is 1.72. The molecule has 0 aliphatic carbocycles. The lowest BCUT2D eigenvalue weighted by Crippen LogP contribution is -2.12. The van der Waals surface area contributed by atoms with Gasteiger partial charge in [0.15, 0.2) is 0 Å². The van der Waals surface area contributed by atoms with Crippen LogP contribution < -0.4 is 5.56 Å². The van der Waals surface area contributed by atoms with Crippen molar-refractivity contribution in [2.24, 2.45) is 0 Å². The summed E-state index contributed by atoms with van der Waals surface area (Å²) in [6.45, 7) is 2.07. The van der Waals surface area contributed by atoms with E-state index in [9.17, 15) is 4.79 Å². The largest absolute Gasteiger partial charge is 0.310 e. The Bertz CT molecular complexity index is 612. The van der Waals surface area contributed by atoms with Crippen molar-refractivity contribution >= 4 is 23.4 Å². The molecule has 100 valence electrons. The van der Waals surface area contributed by atoms with Crippen LogP contribution in [0.4, 0.5) is 0 Å². The Morgan fingerprint density at radius 1 is 1.37 bits per heavy atom. The number of hydrogen-bond donors (Lipinski definition) is 1. The number of nitrogens with zero attached hydrogens (tertiary/aromatic N) is 1. The first-order valence-electron chi connectivity index (χ1n) is 6.15. The molecule has 0 saturated heterocycles. The lowest BCUT2D eigenvalue weighted by molar-refractivity contribution is 0.845. The zero-order valence-corrected chi connectivity index (χ0v) is 12.2. The molecule has 2 rings (SSSR count). The number of H-pyrrole nitrogens is 1. The molecule has 0 radical (unpaired) electrons. The highest BCUT2D eigenvalue weighted by Crippen LogP contribution is 2.28. The van der Waals surface area contributed by atoms with Gasteiger partial charge in [0.1, 0.15) is 5.82 Å². The van der Waals surface area contributed by atoms with Gasteiger partial charge in [-0.05, 0) is 18.6 Å². The first kappa shape index (κ1) is 14.2. The van der Waals surface area contributed by atoms with E-state index in [1.54, 1.807) is 17.8 Å². The predicted molar refractivity (Wildman–Crippen MR) is 79.9 cm³/mol. The zero-order valence-electron chi connectivity index (χ0n) is 10.6. The molecule has 0 aliphatic heterocycles. The molecule has 0 saturated carbocycles. The van der Waals surface area contributed by atoms with Gasteiger partial charge in [0.25, 0.3) is 5.56 Å². The van der Waals surface area contributed by atoms with Gasteiger partial charge in [0.05, 0.1) is 10.8 Å². The molecular weight excluding hydrogens is 280 g/mol. The Morgan fingerprint density at radius 2 is 2.16 bits per heavy atom. The van der Waals surface area contributed by atoms with Crippen molar-refractivity contribution in [1.82, 2.24) is 9.97 Å². The summed E-state index contributed by atoms with van der Waals surface area (Å²) in [7, 11) is 0. The van der Waals surface area contributed by atoms with Crippen molar-refractivity contribution in [2.45, 2.75) is 30.4 Å². The third kappa shape index (κ3) is 4.11. The maximum atomic E-state index is 11.5. The molecule has 1 N–H and O–H groups in total. The second kappa shape index (κ2) is 6.78. The number of aryl methyl sites for hydroxylation is 1. The molecule has 1 aromatic heterocycles. The third-order valence-corrected chi connectivity index (χ3v) is 4.08. The van der Waals surface area contributed by atoms with Crippen LogP contribution in [0.5, 0.6) is 0 Å². The van der Waals surface area contributed by atoms with Crippen LogP contribution in [-0.4, -0.2) is 9.97 Å². The van der Waals surface area contributed by atoms with Gasteiger partial charge in [-0.1, -0.05) is 37.1 Å². The number of rotatable bonds is 5. The quantitative estimate of drug-likeness (QED) is 0.856. The summed E-state index contributed by atoms with van der Waals surface area (Å²) < 4.78 is 0. The van der Waals surface area contributed by atoms with Crippen molar-refractivity contribution in [2.75, 3.05) is 0 Å². The molecule has 19 heavy (non-hydrogen) atoms. The highest BCUT2D eigenvalue weighted by Gasteiger charge is 2.04. The second-order valence-corrected chi connectivity index (χ2v) is 5.58. The summed E-state index contributed by atoms with van der Waals surface area (Å²) in [4.78, 5) is 19.7. The van der Waals surface area contributed by atoms with E-state index >= 15 is 0 Å². The van der Waals surface area contributed by atoms with Crippen molar-refractivity contribution in [3.8, 4) is 0 Å².